The molecule has 3 heterocycles. The lowest BCUT2D eigenvalue weighted by atomic mass is 9.99. The van der Waals surface area contributed by atoms with Crippen molar-refractivity contribution in [2.45, 2.75) is 44.8 Å². The molecule has 132 valence electrons. The number of aryl methyl sites for hydroxylation is 1. The van der Waals surface area contributed by atoms with Gasteiger partial charge in [0.25, 0.3) is 0 Å². The fourth-order valence-corrected chi connectivity index (χ4v) is 3.59. The van der Waals surface area contributed by atoms with E-state index in [0.717, 1.165) is 44.6 Å². The number of hydrogen-bond donors (Lipinski definition) is 2. The Balaban J connectivity index is 1.62. The molecule has 6 nitrogen and oxygen atoms in total. The van der Waals surface area contributed by atoms with Crippen LogP contribution < -0.4 is 5.32 Å². The first-order valence-corrected chi connectivity index (χ1v) is 8.91. The van der Waals surface area contributed by atoms with Gasteiger partial charge in [-0.05, 0) is 49.3 Å². The number of anilines is 1. The number of nitrogens with zero attached hydrogens (tertiary/aromatic N) is 2. The Morgan fingerprint density at radius 1 is 1.46 bits per heavy atom. The SMILES string of the molecule is CCc1ccnc(NC(=O)[C@@H]2C[C@@H](O)CN2CC2CCOCC2)c1. The topological polar surface area (TPSA) is 74.7 Å². The number of aromatic nitrogens is 1. The van der Waals surface area contributed by atoms with Gasteiger partial charge in [0, 0.05) is 32.5 Å². The van der Waals surface area contributed by atoms with Gasteiger partial charge >= 0.3 is 0 Å². The van der Waals surface area contributed by atoms with Crippen molar-refractivity contribution in [1.82, 2.24) is 9.88 Å². The van der Waals surface area contributed by atoms with Crippen molar-refractivity contribution in [3.05, 3.63) is 23.9 Å². The van der Waals surface area contributed by atoms with Crippen LogP contribution in [-0.2, 0) is 16.0 Å². The number of carbonyl (C=O) groups is 1. The normalized spacial score (nSPS) is 25.8. The molecule has 1 amide bonds. The highest BCUT2D eigenvalue weighted by Gasteiger charge is 2.37. The van der Waals surface area contributed by atoms with Crippen molar-refractivity contribution in [3.8, 4) is 0 Å². The molecule has 0 saturated carbocycles. The van der Waals surface area contributed by atoms with Crippen LogP contribution in [0.2, 0.25) is 0 Å². The van der Waals surface area contributed by atoms with E-state index in [2.05, 4.69) is 22.1 Å². The van der Waals surface area contributed by atoms with Gasteiger partial charge in [0.1, 0.15) is 5.82 Å². The van der Waals surface area contributed by atoms with Gasteiger partial charge in [-0.3, -0.25) is 9.69 Å². The lowest BCUT2D eigenvalue weighted by molar-refractivity contribution is -0.120. The van der Waals surface area contributed by atoms with Crippen molar-refractivity contribution in [2.75, 3.05) is 31.6 Å². The van der Waals surface area contributed by atoms with Crippen LogP contribution in [0, 0.1) is 5.92 Å². The van der Waals surface area contributed by atoms with Gasteiger partial charge in [0.15, 0.2) is 0 Å². The number of β-amino-alcohol motifs (C(OH)–C–C–N with tert-alkyl or cyclic N) is 1. The smallest absolute Gasteiger partial charge is 0.242 e. The molecule has 1 aromatic rings. The molecule has 2 aliphatic rings. The zero-order chi connectivity index (χ0) is 16.9. The van der Waals surface area contributed by atoms with Crippen molar-refractivity contribution >= 4 is 11.7 Å². The van der Waals surface area contributed by atoms with Gasteiger partial charge in [-0.1, -0.05) is 6.92 Å². The highest BCUT2D eigenvalue weighted by atomic mass is 16.5. The van der Waals surface area contributed by atoms with E-state index in [-0.39, 0.29) is 11.9 Å². The summed E-state index contributed by atoms with van der Waals surface area (Å²) in [5.74, 6) is 1.06. The van der Waals surface area contributed by atoms with Crippen LogP contribution in [0.5, 0.6) is 0 Å². The predicted octanol–water partition coefficient (Wildman–Crippen LogP) is 1.44. The standard InChI is InChI=1S/C18H27N3O3/c1-2-13-3-6-19-17(9-13)20-18(23)16-10-15(22)12-21(16)11-14-4-7-24-8-5-14/h3,6,9,14-16,22H,2,4-5,7-8,10-12H2,1H3,(H,19,20,23)/t15-,16+/m1/s1. The first kappa shape index (κ1) is 17.3. The molecule has 2 atom stereocenters. The van der Waals surface area contributed by atoms with Crippen molar-refractivity contribution in [1.29, 1.82) is 0 Å². The summed E-state index contributed by atoms with van der Waals surface area (Å²) in [5, 5.41) is 13.0. The highest BCUT2D eigenvalue weighted by molar-refractivity contribution is 5.94. The maximum atomic E-state index is 12.7. The van der Waals surface area contributed by atoms with Crippen LogP contribution in [0.4, 0.5) is 5.82 Å². The van der Waals surface area contributed by atoms with Gasteiger partial charge in [-0.2, -0.15) is 0 Å². The van der Waals surface area contributed by atoms with Crippen LogP contribution in [0.1, 0.15) is 31.7 Å². The molecule has 1 aromatic heterocycles. The minimum absolute atomic E-state index is 0.0700. The van der Waals surface area contributed by atoms with Crippen LogP contribution in [0.25, 0.3) is 0 Å². The summed E-state index contributed by atoms with van der Waals surface area (Å²) < 4.78 is 5.40. The minimum atomic E-state index is -0.435. The number of ether oxygens (including phenoxy) is 1. The van der Waals surface area contributed by atoms with Crippen molar-refractivity contribution in [3.63, 3.8) is 0 Å². The van der Waals surface area contributed by atoms with Gasteiger partial charge in [-0.15, -0.1) is 0 Å². The Kier molecular flexibility index (Phi) is 5.81. The quantitative estimate of drug-likeness (QED) is 0.853. The van der Waals surface area contributed by atoms with E-state index in [9.17, 15) is 9.90 Å². The van der Waals surface area contributed by atoms with Gasteiger partial charge < -0.3 is 15.2 Å². The van der Waals surface area contributed by atoms with E-state index in [1.54, 1.807) is 6.20 Å². The number of nitrogens with one attached hydrogen (secondary N) is 1. The molecule has 0 unspecified atom stereocenters. The Bertz CT molecular complexity index is 560. The van der Waals surface area contributed by atoms with Crippen LogP contribution >= 0.6 is 0 Å². The summed E-state index contributed by atoms with van der Waals surface area (Å²) in [5.41, 5.74) is 1.14. The second-order valence-corrected chi connectivity index (χ2v) is 6.81. The van der Waals surface area contributed by atoms with Gasteiger partial charge in [0.2, 0.25) is 5.91 Å². The molecule has 2 fully saturated rings. The summed E-state index contributed by atoms with van der Waals surface area (Å²) >= 11 is 0. The molecular formula is C18H27N3O3. The third-order valence-corrected chi connectivity index (χ3v) is 5.00. The predicted molar refractivity (Wildman–Crippen MR) is 91.8 cm³/mol. The number of carbonyl (C=O) groups excluding carboxylic acids is 1. The molecule has 0 radical (unpaired) electrons. The second kappa shape index (κ2) is 8.05. The fraction of sp³-hybridized carbons (Fsp3) is 0.667. The third kappa shape index (κ3) is 4.32. The average Bonchev–Trinajstić information content (AvgIpc) is 2.96. The second-order valence-electron chi connectivity index (χ2n) is 6.81. The monoisotopic (exact) mass is 333 g/mol. The summed E-state index contributed by atoms with van der Waals surface area (Å²) in [6, 6.07) is 3.58. The molecule has 2 N–H and O–H groups in total. The van der Waals surface area contributed by atoms with Crippen molar-refractivity contribution < 1.29 is 14.6 Å². The Labute approximate surface area is 143 Å². The summed E-state index contributed by atoms with van der Waals surface area (Å²) in [6.07, 6.45) is 4.74. The molecule has 0 bridgehead atoms. The van der Waals surface area contributed by atoms with E-state index in [1.165, 1.54) is 0 Å². The first-order chi connectivity index (χ1) is 11.7. The molecule has 2 saturated heterocycles. The van der Waals surface area contributed by atoms with Crippen LogP contribution in [0.15, 0.2) is 18.3 Å². The van der Waals surface area contributed by atoms with E-state index >= 15 is 0 Å². The summed E-state index contributed by atoms with van der Waals surface area (Å²) in [4.78, 5) is 19.0. The molecule has 0 aromatic carbocycles. The molecule has 24 heavy (non-hydrogen) atoms. The first-order valence-electron chi connectivity index (χ1n) is 8.91. The molecule has 3 rings (SSSR count). The zero-order valence-corrected chi connectivity index (χ0v) is 14.3. The van der Waals surface area contributed by atoms with E-state index < -0.39 is 6.10 Å². The van der Waals surface area contributed by atoms with Crippen LogP contribution in [-0.4, -0.2) is 59.3 Å². The largest absolute Gasteiger partial charge is 0.392 e. The molecule has 0 spiro atoms. The molecule has 2 aliphatic heterocycles. The van der Waals surface area contributed by atoms with E-state index in [4.69, 9.17) is 4.74 Å². The number of aliphatic hydroxyl groups excluding tert-OH is 1. The van der Waals surface area contributed by atoms with Gasteiger partial charge in [0.05, 0.1) is 12.1 Å². The minimum Gasteiger partial charge on any atom is -0.392 e. The maximum Gasteiger partial charge on any atom is 0.242 e. The fourth-order valence-electron chi connectivity index (χ4n) is 3.59. The van der Waals surface area contributed by atoms with E-state index in [1.807, 2.05) is 12.1 Å². The highest BCUT2D eigenvalue weighted by Crippen LogP contribution is 2.24. The molecule has 0 aliphatic carbocycles. The molecular weight excluding hydrogens is 306 g/mol. The number of rotatable bonds is 5. The Hall–Kier alpha value is -1.50. The number of aliphatic hydroxyl groups is 1. The number of likely N-dealkylation sites (tertiary alicyclic amines) is 1. The third-order valence-electron chi connectivity index (χ3n) is 5.00. The summed E-state index contributed by atoms with van der Waals surface area (Å²) in [7, 11) is 0. The van der Waals surface area contributed by atoms with Gasteiger partial charge in [-0.25, -0.2) is 4.98 Å². The number of hydrogen-bond acceptors (Lipinski definition) is 5. The van der Waals surface area contributed by atoms with Crippen molar-refractivity contribution in [2.24, 2.45) is 5.92 Å². The lowest BCUT2D eigenvalue weighted by Crippen LogP contribution is -2.43. The number of amides is 1. The summed E-state index contributed by atoms with van der Waals surface area (Å²) in [6.45, 7) is 5.08. The maximum absolute atomic E-state index is 12.7. The average molecular weight is 333 g/mol. The molecule has 6 heteroatoms. The Morgan fingerprint density at radius 3 is 3.00 bits per heavy atom. The van der Waals surface area contributed by atoms with E-state index in [0.29, 0.717) is 24.7 Å². The van der Waals surface area contributed by atoms with Crippen LogP contribution in [0.3, 0.4) is 0 Å². The number of pyridine rings is 1. The zero-order valence-electron chi connectivity index (χ0n) is 14.3. The lowest BCUT2D eigenvalue weighted by Gasteiger charge is -2.30. The Morgan fingerprint density at radius 2 is 2.25 bits per heavy atom.